The fraction of sp³-hybridized carbons (Fsp3) is 0.400. The molecule has 6 nitrogen and oxygen atoms in total. The van der Waals surface area contributed by atoms with Crippen molar-refractivity contribution >= 4 is 16.9 Å². The molecule has 1 N–H and O–H groups in total. The van der Waals surface area contributed by atoms with E-state index in [1.165, 1.54) is 0 Å². The van der Waals surface area contributed by atoms with Gasteiger partial charge in [-0.1, -0.05) is 12.1 Å². The molecule has 0 aliphatic rings. The molecule has 0 bridgehead atoms. The van der Waals surface area contributed by atoms with Crippen molar-refractivity contribution in [3.05, 3.63) is 40.4 Å². The van der Waals surface area contributed by atoms with Crippen LogP contribution in [0, 0.1) is 0 Å². The van der Waals surface area contributed by atoms with Crippen molar-refractivity contribution in [3.8, 4) is 0 Å². The van der Waals surface area contributed by atoms with Gasteiger partial charge in [0.2, 0.25) is 0 Å². The van der Waals surface area contributed by atoms with Gasteiger partial charge in [0.25, 0.3) is 5.56 Å². The lowest BCUT2D eigenvalue weighted by atomic mass is 10.1. The van der Waals surface area contributed by atoms with Crippen LogP contribution in [-0.2, 0) is 21.7 Å². The number of carboxylic acids is 1. The molecule has 0 radical (unpaired) electrons. The first-order chi connectivity index (χ1) is 9.80. The number of rotatable bonds is 4. The number of fused-ring (bicyclic) bond motifs is 1. The van der Waals surface area contributed by atoms with E-state index in [-0.39, 0.29) is 12.2 Å². The van der Waals surface area contributed by atoms with E-state index in [0.29, 0.717) is 16.7 Å². The zero-order chi connectivity index (χ0) is 15.6. The second-order valence-electron chi connectivity index (χ2n) is 5.74. The molecule has 1 heterocycles. The Hall–Kier alpha value is -2.21. The molecule has 2 aromatic rings. The number of hydrogen-bond acceptors (Lipinski definition) is 4. The molecule has 0 atom stereocenters. The molecule has 1 aromatic carbocycles. The lowest BCUT2D eigenvalue weighted by Crippen LogP contribution is -2.37. The zero-order valence-corrected chi connectivity index (χ0v) is 12.3. The minimum absolute atomic E-state index is 0.0242. The minimum Gasteiger partial charge on any atom is -0.480 e. The first-order valence-corrected chi connectivity index (χ1v) is 6.61. The maximum atomic E-state index is 12.6. The molecule has 0 saturated carbocycles. The Labute approximate surface area is 122 Å². The van der Waals surface area contributed by atoms with Crippen molar-refractivity contribution in [1.29, 1.82) is 0 Å². The van der Waals surface area contributed by atoms with Crippen LogP contribution < -0.4 is 5.56 Å². The molecule has 112 valence electrons. The van der Waals surface area contributed by atoms with Gasteiger partial charge in [-0.2, -0.15) is 0 Å². The third-order valence-corrected chi connectivity index (χ3v) is 2.97. The summed E-state index contributed by atoms with van der Waals surface area (Å²) in [6.07, 6.45) is 0. The SMILES string of the molecule is CC(C)(C)n1c(COCC(=O)O)nc2ccccc2c1=O. The van der Waals surface area contributed by atoms with Gasteiger partial charge in [0.15, 0.2) is 0 Å². The molecule has 6 heteroatoms. The Morgan fingerprint density at radius 1 is 1.33 bits per heavy atom. The highest BCUT2D eigenvalue weighted by atomic mass is 16.5. The number of ether oxygens (including phenoxy) is 1. The molecule has 0 unspecified atom stereocenters. The summed E-state index contributed by atoms with van der Waals surface area (Å²) >= 11 is 0. The fourth-order valence-electron chi connectivity index (χ4n) is 2.20. The van der Waals surface area contributed by atoms with E-state index in [2.05, 4.69) is 4.98 Å². The van der Waals surface area contributed by atoms with Crippen LogP contribution in [0.4, 0.5) is 0 Å². The van der Waals surface area contributed by atoms with Crippen LogP contribution in [0.3, 0.4) is 0 Å². The van der Waals surface area contributed by atoms with Gasteiger partial charge < -0.3 is 9.84 Å². The first kappa shape index (κ1) is 15.2. The second-order valence-corrected chi connectivity index (χ2v) is 5.74. The highest BCUT2D eigenvalue weighted by molar-refractivity contribution is 5.77. The van der Waals surface area contributed by atoms with Crippen LogP contribution in [0.1, 0.15) is 26.6 Å². The fourth-order valence-corrected chi connectivity index (χ4v) is 2.20. The molecule has 0 spiro atoms. The number of aromatic nitrogens is 2. The van der Waals surface area contributed by atoms with Gasteiger partial charge in [-0.25, -0.2) is 9.78 Å². The summed E-state index contributed by atoms with van der Waals surface area (Å²) in [5.41, 5.74) is -0.0466. The zero-order valence-electron chi connectivity index (χ0n) is 12.3. The number of hydrogen-bond donors (Lipinski definition) is 1. The van der Waals surface area contributed by atoms with E-state index in [1.807, 2.05) is 20.8 Å². The summed E-state index contributed by atoms with van der Waals surface area (Å²) in [7, 11) is 0. The highest BCUT2D eigenvalue weighted by Crippen LogP contribution is 2.17. The quantitative estimate of drug-likeness (QED) is 0.927. The minimum atomic E-state index is -1.06. The summed E-state index contributed by atoms with van der Waals surface area (Å²) in [5, 5.41) is 9.17. The topological polar surface area (TPSA) is 81.4 Å². The average Bonchev–Trinajstić information content (AvgIpc) is 2.37. The Kier molecular flexibility index (Phi) is 4.09. The Balaban J connectivity index is 2.56. The maximum Gasteiger partial charge on any atom is 0.329 e. The molecule has 0 saturated heterocycles. The summed E-state index contributed by atoms with van der Waals surface area (Å²) in [6.45, 7) is 5.24. The maximum absolute atomic E-state index is 12.6. The normalized spacial score (nSPS) is 11.8. The van der Waals surface area contributed by atoms with Crippen LogP contribution in [0.2, 0.25) is 0 Å². The largest absolute Gasteiger partial charge is 0.480 e. The van der Waals surface area contributed by atoms with E-state index in [0.717, 1.165) is 0 Å². The monoisotopic (exact) mass is 290 g/mol. The summed E-state index contributed by atoms with van der Waals surface area (Å²) in [6, 6.07) is 7.08. The first-order valence-electron chi connectivity index (χ1n) is 6.61. The Bertz CT molecular complexity index is 729. The van der Waals surface area contributed by atoms with Crippen LogP contribution >= 0.6 is 0 Å². The Morgan fingerprint density at radius 2 is 2.00 bits per heavy atom. The van der Waals surface area contributed by atoms with Crippen molar-refractivity contribution in [1.82, 2.24) is 9.55 Å². The highest BCUT2D eigenvalue weighted by Gasteiger charge is 2.21. The standard InChI is InChI=1S/C15H18N2O4/c1-15(2,3)17-12(8-21-9-13(18)19)16-11-7-5-4-6-10(11)14(17)20/h4-7H,8-9H2,1-3H3,(H,18,19). The molecule has 0 fully saturated rings. The lowest BCUT2D eigenvalue weighted by Gasteiger charge is -2.25. The van der Waals surface area contributed by atoms with Crippen LogP contribution in [0.25, 0.3) is 10.9 Å². The molecule has 1 aromatic heterocycles. The van der Waals surface area contributed by atoms with Crippen LogP contribution in [0.15, 0.2) is 29.1 Å². The predicted octanol–water partition coefficient (Wildman–Crippen LogP) is 1.75. The average molecular weight is 290 g/mol. The van der Waals surface area contributed by atoms with Gasteiger partial charge in [-0.05, 0) is 32.9 Å². The van der Waals surface area contributed by atoms with E-state index in [9.17, 15) is 9.59 Å². The third-order valence-electron chi connectivity index (χ3n) is 2.97. The van der Waals surface area contributed by atoms with Crippen LogP contribution in [0.5, 0.6) is 0 Å². The second kappa shape index (κ2) is 5.65. The number of carboxylic acid groups (broad SMARTS) is 1. The van der Waals surface area contributed by atoms with E-state index < -0.39 is 18.1 Å². The van der Waals surface area contributed by atoms with Gasteiger partial charge in [0.1, 0.15) is 19.0 Å². The number of para-hydroxylation sites is 1. The molecule has 2 rings (SSSR count). The number of benzene rings is 1. The van der Waals surface area contributed by atoms with Gasteiger partial charge >= 0.3 is 5.97 Å². The molecule has 0 amide bonds. The number of carbonyl (C=O) groups is 1. The van der Waals surface area contributed by atoms with Crippen molar-refractivity contribution in [3.63, 3.8) is 0 Å². The van der Waals surface area contributed by atoms with Gasteiger partial charge in [-0.3, -0.25) is 9.36 Å². The summed E-state index contributed by atoms with van der Waals surface area (Å²) < 4.78 is 6.65. The number of aliphatic carboxylic acids is 1. The van der Waals surface area contributed by atoms with E-state index >= 15 is 0 Å². The lowest BCUT2D eigenvalue weighted by molar-refractivity contribution is -0.142. The smallest absolute Gasteiger partial charge is 0.329 e. The van der Waals surface area contributed by atoms with Crippen molar-refractivity contribution in [2.24, 2.45) is 0 Å². The van der Waals surface area contributed by atoms with E-state index in [1.54, 1.807) is 28.8 Å². The molecule has 0 aliphatic heterocycles. The van der Waals surface area contributed by atoms with E-state index in [4.69, 9.17) is 9.84 Å². The van der Waals surface area contributed by atoms with Gasteiger partial charge in [0, 0.05) is 5.54 Å². The van der Waals surface area contributed by atoms with Crippen molar-refractivity contribution < 1.29 is 14.6 Å². The van der Waals surface area contributed by atoms with Gasteiger partial charge in [-0.15, -0.1) is 0 Å². The molecule has 0 aliphatic carbocycles. The molecular formula is C15H18N2O4. The molecule has 21 heavy (non-hydrogen) atoms. The summed E-state index contributed by atoms with van der Waals surface area (Å²) in [5.74, 6) is -0.632. The Morgan fingerprint density at radius 3 is 2.62 bits per heavy atom. The summed E-state index contributed by atoms with van der Waals surface area (Å²) in [4.78, 5) is 27.6. The van der Waals surface area contributed by atoms with Crippen LogP contribution in [-0.4, -0.2) is 27.2 Å². The number of nitrogens with zero attached hydrogens (tertiary/aromatic N) is 2. The third kappa shape index (κ3) is 3.28. The van der Waals surface area contributed by atoms with Crippen molar-refractivity contribution in [2.45, 2.75) is 32.9 Å². The molecular weight excluding hydrogens is 272 g/mol. The predicted molar refractivity (Wildman–Crippen MR) is 78.3 cm³/mol. The van der Waals surface area contributed by atoms with Crippen molar-refractivity contribution in [2.75, 3.05) is 6.61 Å². The van der Waals surface area contributed by atoms with Gasteiger partial charge in [0.05, 0.1) is 10.9 Å².